The molecule has 2 aliphatic heterocycles. The first-order valence-corrected chi connectivity index (χ1v) is 7.77. The Labute approximate surface area is 125 Å². The number of hydrogen-bond acceptors (Lipinski definition) is 4. The number of fused-ring (bicyclic) bond motifs is 1. The van der Waals surface area contributed by atoms with Crippen LogP contribution in [0, 0.1) is 0 Å². The van der Waals surface area contributed by atoms with Crippen LogP contribution in [0.1, 0.15) is 35.3 Å². The van der Waals surface area contributed by atoms with Crippen LogP contribution >= 0.6 is 0 Å². The predicted molar refractivity (Wildman–Crippen MR) is 80.1 cm³/mol. The molecule has 2 aliphatic rings. The van der Waals surface area contributed by atoms with Crippen molar-refractivity contribution in [3.8, 4) is 0 Å². The molecule has 0 unspecified atom stereocenters. The van der Waals surface area contributed by atoms with E-state index in [2.05, 4.69) is 16.9 Å². The molecule has 3 rings (SSSR count). The van der Waals surface area contributed by atoms with Gasteiger partial charge >= 0.3 is 0 Å². The summed E-state index contributed by atoms with van der Waals surface area (Å²) in [4.78, 5) is 20.6. The quantitative estimate of drug-likeness (QED) is 0.771. The average Bonchev–Trinajstić information content (AvgIpc) is 2.82. The third-order valence-electron chi connectivity index (χ3n) is 4.34. The van der Waals surface area contributed by atoms with Crippen molar-refractivity contribution in [1.29, 1.82) is 0 Å². The summed E-state index contributed by atoms with van der Waals surface area (Å²) < 4.78 is 5.92. The molecule has 0 aromatic carbocycles. The fraction of sp³-hybridized carbons (Fsp3) is 0.625. The molecule has 0 spiro atoms. The zero-order valence-electron chi connectivity index (χ0n) is 12.6. The van der Waals surface area contributed by atoms with Crippen LogP contribution in [0.5, 0.6) is 0 Å². The summed E-state index contributed by atoms with van der Waals surface area (Å²) in [6, 6.07) is 3.68. The van der Waals surface area contributed by atoms with Crippen LogP contribution in [0.2, 0.25) is 0 Å². The van der Waals surface area contributed by atoms with E-state index in [0.29, 0.717) is 12.6 Å². The van der Waals surface area contributed by atoms with E-state index in [1.54, 1.807) is 6.20 Å². The van der Waals surface area contributed by atoms with Crippen molar-refractivity contribution in [2.24, 2.45) is 0 Å². The molecule has 1 fully saturated rings. The van der Waals surface area contributed by atoms with E-state index in [1.165, 1.54) is 0 Å². The number of likely N-dealkylation sites (tertiary alicyclic amines) is 1. The number of carbonyl (C=O) groups is 1. The Bertz CT molecular complexity index is 498. The third-order valence-corrected chi connectivity index (χ3v) is 4.34. The van der Waals surface area contributed by atoms with Gasteiger partial charge in [-0.1, -0.05) is 0 Å². The molecular weight excluding hydrogens is 266 g/mol. The fourth-order valence-corrected chi connectivity index (χ4v) is 3.02. The lowest BCUT2D eigenvalue weighted by Gasteiger charge is -2.29. The minimum absolute atomic E-state index is 0.109. The highest BCUT2D eigenvalue weighted by atomic mass is 16.5. The molecule has 0 saturated carbocycles. The summed E-state index contributed by atoms with van der Waals surface area (Å²) in [6.07, 6.45) is 5.28. The minimum Gasteiger partial charge on any atom is -0.378 e. The average molecular weight is 289 g/mol. The topological polar surface area (TPSA) is 45.7 Å². The van der Waals surface area contributed by atoms with Gasteiger partial charge in [-0.15, -0.1) is 0 Å². The van der Waals surface area contributed by atoms with Crippen LogP contribution in [-0.2, 0) is 11.3 Å². The first-order valence-electron chi connectivity index (χ1n) is 7.77. The van der Waals surface area contributed by atoms with Gasteiger partial charge in [0, 0.05) is 32.4 Å². The summed E-state index contributed by atoms with van der Waals surface area (Å²) >= 11 is 0. The second-order valence-corrected chi connectivity index (χ2v) is 5.95. The molecule has 0 bridgehead atoms. The lowest BCUT2D eigenvalue weighted by molar-refractivity contribution is 0.00883. The molecule has 0 atom stereocenters. The predicted octanol–water partition coefficient (Wildman–Crippen LogP) is 1.54. The molecule has 1 saturated heterocycles. The normalized spacial score (nSPS) is 20.0. The van der Waals surface area contributed by atoms with Crippen LogP contribution in [0.15, 0.2) is 18.3 Å². The molecule has 114 valence electrons. The minimum atomic E-state index is 0.109. The Balaban J connectivity index is 1.38. The Hall–Kier alpha value is -1.46. The van der Waals surface area contributed by atoms with Crippen molar-refractivity contribution in [1.82, 2.24) is 14.8 Å². The van der Waals surface area contributed by atoms with Crippen molar-refractivity contribution < 1.29 is 9.53 Å². The van der Waals surface area contributed by atoms with Crippen molar-refractivity contribution >= 4 is 5.91 Å². The van der Waals surface area contributed by atoms with Gasteiger partial charge < -0.3 is 14.5 Å². The van der Waals surface area contributed by atoms with Crippen LogP contribution in [0.25, 0.3) is 0 Å². The van der Waals surface area contributed by atoms with Crippen LogP contribution in [0.3, 0.4) is 0 Å². The van der Waals surface area contributed by atoms with Crippen molar-refractivity contribution in [3.05, 3.63) is 29.6 Å². The van der Waals surface area contributed by atoms with Gasteiger partial charge in [-0.3, -0.25) is 9.78 Å². The molecule has 21 heavy (non-hydrogen) atoms. The molecule has 5 heteroatoms. The summed E-state index contributed by atoms with van der Waals surface area (Å²) in [5.74, 6) is 0.109. The highest BCUT2D eigenvalue weighted by molar-refractivity contribution is 5.97. The van der Waals surface area contributed by atoms with E-state index in [9.17, 15) is 4.79 Å². The van der Waals surface area contributed by atoms with Crippen LogP contribution in [0.4, 0.5) is 0 Å². The number of nitrogens with zero attached hydrogens (tertiary/aromatic N) is 3. The molecule has 1 amide bonds. The lowest BCUT2D eigenvalue weighted by atomic mass is 10.1. The Kier molecular flexibility index (Phi) is 4.51. The van der Waals surface area contributed by atoms with E-state index >= 15 is 0 Å². The number of hydrogen-bond donors (Lipinski definition) is 0. The van der Waals surface area contributed by atoms with E-state index in [1.807, 2.05) is 17.0 Å². The monoisotopic (exact) mass is 289 g/mol. The van der Waals surface area contributed by atoms with Gasteiger partial charge in [0.2, 0.25) is 0 Å². The van der Waals surface area contributed by atoms with Crippen molar-refractivity contribution in [2.45, 2.75) is 31.9 Å². The van der Waals surface area contributed by atoms with Gasteiger partial charge in [-0.05, 0) is 38.4 Å². The van der Waals surface area contributed by atoms with Crippen LogP contribution in [-0.4, -0.2) is 60.1 Å². The SMILES string of the molecule is CN1CCC(OCCCN2Cc3ncccc3C2=O)CC1. The lowest BCUT2D eigenvalue weighted by Crippen LogP contribution is -2.34. The number of ether oxygens (including phenoxy) is 1. The van der Waals surface area contributed by atoms with Gasteiger partial charge in [0.25, 0.3) is 5.91 Å². The standard InChI is InChI=1S/C16H23N3O2/c1-18-9-5-13(6-10-18)21-11-3-8-19-12-15-14(16(19)20)4-2-7-17-15/h2,4,7,13H,3,5-6,8-12H2,1H3. The van der Waals surface area contributed by atoms with E-state index in [4.69, 9.17) is 4.74 Å². The Morgan fingerprint density at radius 2 is 2.19 bits per heavy atom. The maximum absolute atomic E-state index is 12.2. The summed E-state index contributed by atoms with van der Waals surface area (Å²) in [5.41, 5.74) is 1.66. The molecule has 1 aromatic heterocycles. The smallest absolute Gasteiger partial charge is 0.256 e. The third kappa shape index (κ3) is 3.41. The maximum atomic E-state index is 12.2. The number of pyridine rings is 1. The fourth-order valence-electron chi connectivity index (χ4n) is 3.02. The first kappa shape index (κ1) is 14.5. The number of carbonyl (C=O) groups excluding carboxylic acids is 1. The molecule has 5 nitrogen and oxygen atoms in total. The van der Waals surface area contributed by atoms with Gasteiger partial charge in [0.05, 0.1) is 23.9 Å². The zero-order chi connectivity index (χ0) is 14.7. The molecule has 1 aromatic rings. The molecule has 0 N–H and O–H groups in total. The summed E-state index contributed by atoms with van der Waals surface area (Å²) in [7, 11) is 2.15. The zero-order valence-corrected chi connectivity index (χ0v) is 12.6. The van der Waals surface area contributed by atoms with Gasteiger partial charge in [0.1, 0.15) is 0 Å². The largest absolute Gasteiger partial charge is 0.378 e. The number of piperidine rings is 1. The Morgan fingerprint density at radius 3 is 2.95 bits per heavy atom. The number of amides is 1. The molecule has 0 radical (unpaired) electrons. The second kappa shape index (κ2) is 6.54. The molecule has 3 heterocycles. The van der Waals surface area contributed by atoms with Gasteiger partial charge in [-0.2, -0.15) is 0 Å². The van der Waals surface area contributed by atoms with E-state index in [-0.39, 0.29) is 5.91 Å². The van der Waals surface area contributed by atoms with Crippen molar-refractivity contribution in [3.63, 3.8) is 0 Å². The summed E-state index contributed by atoms with van der Waals surface area (Å²) in [6.45, 7) is 4.37. The highest BCUT2D eigenvalue weighted by Gasteiger charge is 2.27. The second-order valence-electron chi connectivity index (χ2n) is 5.95. The number of aromatic nitrogens is 1. The van der Waals surface area contributed by atoms with E-state index in [0.717, 1.165) is 56.8 Å². The van der Waals surface area contributed by atoms with Crippen molar-refractivity contribution in [2.75, 3.05) is 33.3 Å². The maximum Gasteiger partial charge on any atom is 0.256 e. The van der Waals surface area contributed by atoms with E-state index < -0.39 is 0 Å². The number of rotatable bonds is 5. The first-order chi connectivity index (χ1) is 10.2. The highest BCUT2D eigenvalue weighted by Crippen LogP contribution is 2.20. The van der Waals surface area contributed by atoms with Crippen LogP contribution < -0.4 is 0 Å². The van der Waals surface area contributed by atoms with Gasteiger partial charge in [0.15, 0.2) is 0 Å². The molecular formula is C16H23N3O2. The van der Waals surface area contributed by atoms with Gasteiger partial charge in [-0.25, -0.2) is 0 Å². The summed E-state index contributed by atoms with van der Waals surface area (Å²) in [5, 5.41) is 0. The Morgan fingerprint density at radius 1 is 1.38 bits per heavy atom. The molecule has 0 aliphatic carbocycles.